The molecule has 1 fully saturated rings. The Morgan fingerprint density at radius 1 is 1.30 bits per heavy atom. The molecule has 1 aromatic heterocycles. The van der Waals surface area contributed by atoms with Crippen molar-refractivity contribution in [1.82, 2.24) is 9.88 Å². The molecule has 1 aromatic rings. The third-order valence-electron chi connectivity index (χ3n) is 4.00. The lowest BCUT2D eigenvalue weighted by Gasteiger charge is -2.39. The van der Waals surface area contributed by atoms with Crippen molar-refractivity contribution in [2.75, 3.05) is 31.6 Å². The summed E-state index contributed by atoms with van der Waals surface area (Å²) < 4.78 is 0. The number of nitrogens with two attached hydrogens (primary N) is 1. The van der Waals surface area contributed by atoms with Gasteiger partial charge in [0.05, 0.1) is 0 Å². The normalized spacial score (nSPS) is 21.3. The Labute approximate surface area is 123 Å². The fourth-order valence-corrected chi connectivity index (χ4v) is 2.70. The first-order chi connectivity index (χ1) is 9.31. The first-order valence-electron chi connectivity index (χ1n) is 7.48. The molecule has 0 aliphatic carbocycles. The van der Waals surface area contributed by atoms with Gasteiger partial charge in [-0.1, -0.05) is 20.8 Å². The van der Waals surface area contributed by atoms with Crippen LogP contribution in [-0.2, 0) is 12.0 Å². The minimum atomic E-state index is 0.0513. The fourth-order valence-electron chi connectivity index (χ4n) is 2.70. The standard InChI is InChI=1S/C16H28N4/c1-12-11-19(5)6-7-20(12)15-9-13(10-17)8-14(18-15)16(2,3)4/h8-9,12H,6-7,10-11,17H2,1-5H3. The van der Waals surface area contributed by atoms with E-state index in [1.54, 1.807) is 0 Å². The zero-order valence-corrected chi connectivity index (χ0v) is 13.5. The largest absolute Gasteiger partial charge is 0.351 e. The average Bonchev–Trinajstić information content (AvgIpc) is 2.37. The van der Waals surface area contributed by atoms with E-state index in [2.05, 4.69) is 56.7 Å². The van der Waals surface area contributed by atoms with E-state index in [0.29, 0.717) is 12.6 Å². The molecule has 4 heteroatoms. The van der Waals surface area contributed by atoms with E-state index in [9.17, 15) is 0 Å². The second-order valence-corrected chi connectivity index (χ2v) is 6.98. The average molecular weight is 276 g/mol. The zero-order chi connectivity index (χ0) is 14.9. The number of piperazine rings is 1. The molecule has 1 saturated heterocycles. The van der Waals surface area contributed by atoms with Crippen LogP contribution in [0.4, 0.5) is 5.82 Å². The van der Waals surface area contributed by atoms with Crippen LogP contribution in [0.5, 0.6) is 0 Å². The van der Waals surface area contributed by atoms with E-state index >= 15 is 0 Å². The Kier molecular flexibility index (Phi) is 4.35. The third kappa shape index (κ3) is 3.30. The lowest BCUT2D eigenvalue weighted by atomic mass is 9.90. The molecule has 1 aliphatic heterocycles. The van der Waals surface area contributed by atoms with Crippen molar-refractivity contribution in [2.24, 2.45) is 5.73 Å². The van der Waals surface area contributed by atoms with Gasteiger partial charge in [-0.25, -0.2) is 4.98 Å². The Morgan fingerprint density at radius 3 is 2.55 bits per heavy atom. The molecule has 0 radical (unpaired) electrons. The Bertz CT molecular complexity index is 464. The molecule has 112 valence electrons. The van der Waals surface area contributed by atoms with Crippen molar-refractivity contribution in [2.45, 2.75) is 45.7 Å². The summed E-state index contributed by atoms with van der Waals surface area (Å²) in [5, 5.41) is 0. The first kappa shape index (κ1) is 15.3. The number of pyridine rings is 1. The van der Waals surface area contributed by atoms with Crippen molar-refractivity contribution in [3.8, 4) is 0 Å². The van der Waals surface area contributed by atoms with E-state index < -0.39 is 0 Å². The van der Waals surface area contributed by atoms with E-state index in [4.69, 9.17) is 10.7 Å². The molecular weight excluding hydrogens is 248 g/mol. The van der Waals surface area contributed by atoms with Crippen molar-refractivity contribution >= 4 is 5.82 Å². The van der Waals surface area contributed by atoms with Gasteiger partial charge in [0, 0.05) is 43.3 Å². The molecular formula is C16H28N4. The number of likely N-dealkylation sites (N-methyl/N-ethyl adjacent to an activating group) is 1. The van der Waals surface area contributed by atoms with Crippen LogP contribution >= 0.6 is 0 Å². The lowest BCUT2D eigenvalue weighted by Crippen LogP contribution is -2.51. The van der Waals surface area contributed by atoms with Crippen LogP contribution < -0.4 is 10.6 Å². The Balaban J connectivity index is 2.36. The molecule has 0 amide bonds. The summed E-state index contributed by atoms with van der Waals surface area (Å²) in [4.78, 5) is 9.69. The highest BCUT2D eigenvalue weighted by molar-refractivity contribution is 5.45. The van der Waals surface area contributed by atoms with Gasteiger partial charge in [-0.3, -0.25) is 0 Å². The maximum absolute atomic E-state index is 5.86. The van der Waals surface area contributed by atoms with Gasteiger partial charge in [0.15, 0.2) is 0 Å². The van der Waals surface area contributed by atoms with E-state index in [1.807, 2.05) is 0 Å². The summed E-state index contributed by atoms with van der Waals surface area (Å²) >= 11 is 0. The van der Waals surface area contributed by atoms with E-state index in [1.165, 1.54) is 5.56 Å². The smallest absolute Gasteiger partial charge is 0.129 e. The zero-order valence-electron chi connectivity index (χ0n) is 13.5. The van der Waals surface area contributed by atoms with Gasteiger partial charge in [-0.2, -0.15) is 0 Å². The van der Waals surface area contributed by atoms with Crippen LogP contribution in [0.2, 0.25) is 0 Å². The Hall–Kier alpha value is -1.13. The number of rotatable bonds is 2. The van der Waals surface area contributed by atoms with Gasteiger partial charge >= 0.3 is 0 Å². The highest BCUT2D eigenvalue weighted by Gasteiger charge is 2.25. The third-order valence-corrected chi connectivity index (χ3v) is 4.00. The van der Waals surface area contributed by atoms with Crippen molar-refractivity contribution < 1.29 is 0 Å². The molecule has 4 nitrogen and oxygen atoms in total. The summed E-state index contributed by atoms with van der Waals surface area (Å²) in [7, 11) is 2.18. The number of hydrogen-bond acceptors (Lipinski definition) is 4. The number of nitrogens with zero attached hydrogens (tertiary/aromatic N) is 3. The number of anilines is 1. The minimum Gasteiger partial charge on any atom is -0.351 e. The van der Waals surface area contributed by atoms with Crippen molar-refractivity contribution in [3.63, 3.8) is 0 Å². The molecule has 2 rings (SSSR count). The monoisotopic (exact) mass is 276 g/mol. The molecule has 0 spiro atoms. The van der Waals surface area contributed by atoms with Crippen molar-refractivity contribution in [1.29, 1.82) is 0 Å². The quantitative estimate of drug-likeness (QED) is 0.897. The fraction of sp³-hybridized carbons (Fsp3) is 0.688. The topological polar surface area (TPSA) is 45.4 Å². The summed E-state index contributed by atoms with van der Waals surface area (Å²) in [5.41, 5.74) is 8.21. The van der Waals surface area contributed by atoms with Gasteiger partial charge in [0.2, 0.25) is 0 Å². The molecule has 0 saturated carbocycles. The maximum Gasteiger partial charge on any atom is 0.129 e. The second kappa shape index (κ2) is 5.70. The molecule has 0 bridgehead atoms. The predicted molar refractivity (Wildman–Crippen MR) is 85.1 cm³/mol. The predicted octanol–water partition coefficient (Wildman–Crippen LogP) is 1.98. The second-order valence-electron chi connectivity index (χ2n) is 6.98. The summed E-state index contributed by atoms with van der Waals surface area (Å²) in [6.07, 6.45) is 0. The van der Waals surface area contributed by atoms with Crippen LogP contribution in [0.1, 0.15) is 39.0 Å². The van der Waals surface area contributed by atoms with Gasteiger partial charge in [0.1, 0.15) is 5.82 Å². The molecule has 20 heavy (non-hydrogen) atoms. The van der Waals surface area contributed by atoms with Crippen LogP contribution in [-0.4, -0.2) is 42.6 Å². The first-order valence-corrected chi connectivity index (χ1v) is 7.48. The number of hydrogen-bond donors (Lipinski definition) is 1. The molecule has 1 atom stereocenters. The van der Waals surface area contributed by atoms with Gasteiger partial charge in [-0.15, -0.1) is 0 Å². The van der Waals surface area contributed by atoms with Crippen molar-refractivity contribution in [3.05, 3.63) is 23.4 Å². The van der Waals surface area contributed by atoms with Crippen LogP contribution in [0.3, 0.4) is 0 Å². The highest BCUT2D eigenvalue weighted by Crippen LogP contribution is 2.26. The molecule has 2 heterocycles. The van der Waals surface area contributed by atoms with Gasteiger partial charge in [0.25, 0.3) is 0 Å². The SMILES string of the molecule is CC1CN(C)CCN1c1cc(CN)cc(C(C)(C)C)n1. The van der Waals surface area contributed by atoms with Gasteiger partial charge in [-0.05, 0) is 31.7 Å². The maximum atomic E-state index is 5.86. The van der Waals surface area contributed by atoms with Crippen LogP contribution in [0.15, 0.2) is 12.1 Å². The number of aromatic nitrogens is 1. The summed E-state index contributed by atoms with van der Waals surface area (Å²) in [5.74, 6) is 1.08. The van der Waals surface area contributed by atoms with Crippen LogP contribution in [0, 0.1) is 0 Å². The Morgan fingerprint density at radius 2 is 2.00 bits per heavy atom. The molecule has 2 N–H and O–H groups in total. The summed E-state index contributed by atoms with van der Waals surface area (Å²) in [6, 6.07) is 4.78. The molecule has 1 unspecified atom stereocenters. The van der Waals surface area contributed by atoms with Gasteiger partial charge < -0.3 is 15.5 Å². The van der Waals surface area contributed by atoms with E-state index in [0.717, 1.165) is 31.1 Å². The van der Waals surface area contributed by atoms with Crippen LogP contribution in [0.25, 0.3) is 0 Å². The molecule has 1 aliphatic rings. The molecule has 0 aromatic carbocycles. The van der Waals surface area contributed by atoms with E-state index in [-0.39, 0.29) is 5.41 Å². The lowest BCUT2D eigenvalue weighted by molar-refractivity contribution is 0.274. The minimum absolute atomic E-state index is 0.0513. The summed E-state index contributed by atoms with van der Waals surface area (Å²) in [6.45, 7) is 12.6. The highest BCUT2D eigenvalue weighted by atomic mass is 15.3.